The molecule has 0 N–H and O–H groups in total. The third-order valence-corrected chi connectivity index (χ3v) is 3.77. The first-order chi connectivity index (χ1) is 7.13. The van der Waals surface area contributed by atoms with Crippen LogP contribution in [0.15, 0.2) is 0 Å². The van der Waals surface area contributed by atoms with Gasteiger partial charge in [-0.1, -0.05) is 13.8 Å². The Labute approximate surface area is 112 Å². The normalized spacial score (nSPS) is 41.4. The third kappa shape index (κ3) is 3.04. The Morgan fingerprint density at radius 3 is 2.62 bits per heavy atom. The first kappa shape index (κ1) is 14.6. The van der Waals surface area contributed by atoms with Gasteiger partial charge >= 0.3 is 18.9 Å². The second-order valence-corrected chi connectivity index (χ2v) is 5.29. The molecule has 0 bridgehead atoms. The second-order valence-electron chi connectivity index (χ2n) is 5.29. The summed E-state index contributed by atoms with van der Waals surface area (Å²) in [7, 11) is 0. The molecule has 2 aliphatic rings. The van der Waals surface area contributed by atoms with Crippen molar-refractivity contribution in [3.63, 3.8) is 0 Å². The van der Waals surface area contributed by atoms with E-state index in [2.05, 4.69) is 20.8 Å². The SMILES string of the molecule is [CH2-][C@H](C)[C@H]1O[C@@]2(CCCCO2)CC[C@H]1C.[Li+]. The smallest absolute Gasteiger partial charge is 0.350 e. The van der Waals surface area contributed by atoms with Crippen molar-refractivity contribution in [2.45, 2.75) is 57.8 Å². The molecular formula is C13H23LiO2. The predicted molar refractivity (Wildman–Crippen MR) is 60.3 cm³/mol. The first-order valence-electron chi connectivity index (χ1n) is 6.28. The van der Waals surface area contributed by atoms with Gasteiger partial charge in [0.25, 0.3) is 0 Å². The summed E-state index contributed by atoms with van der Waals surface area (Å²) >= 11 is 0. The minimum Gasteiger partial charge on any atom is -0.350 e. The number of hydrogen-bond donors (Lipinski definition) is 0. The standard InChI is InChI=1S/C13H23O2.Li/c1-10(2)12-11(3)6-8-13(15-12)7-4-5-9-14-13;/h10-12H,1,4-9H2,2-3H3;/q-1;+1/t10-,11-,12-,13+;/m1./s1. The fourth-order valence-electron chi connectivity index (χ4n) is 2.83. The largest absolute Gasteiger partial charge is 1.00 e. The topological polar surface area (TPSA) is 18.5 Å². The van der Waals surface area contributed by atoms with Gasteiger partial charge in [0.15, 0.2) is 5.79 Å². The molecular weight excluding hydrogens is 195 g/mol. The van der Waals surface area contributed by atoms with Gasteiger partial charge in [-0.3, -0.25) is 0 Å². The molecule has 3 heteroatoms. The number of hydrogen-bond acceptors (Lipinski definition) is 2. The Bertz CT molecular complexity index is 212. The van der Waals surface area contributed by atoms with Crippen LogP contribution in [0.4, 0.5) is 0 Å². The molecule has 1 spiro atoms. The molecule has 2 aliphatic heterocycles. The zero-order chi connectivity index (χ0) is 10.9. The average Bonchev–Trinajstić information content (AvgIpc) is 2.23. The maximum atomic E-state index is 6.20. The van der Waals surface area contributed by atoms with E-state index < -0.39 is 0 Å². The molecule has 2 fully saturated rings. The Kier molecular flexibility index (Phi) is 5.39. The van der Waals surface area contributed by atoms with Gasteiger partial charge in [-0.15, -0.1) is 5.92 Å². The van der Waals surface area contributed by atoms with E-state index >= 15 is 0 Å². The molecule has 2 rings (SSSR count). The van der Waals surface area contributed by atoms with Crippen LogP contribution in [-0.2, 0) is 9.47 Å². The zero-order valence-corrected chi connectivity index (χ0v) is 11.0. The summed E-state index contributed by atoms with van der Waals surface area (Å²) < 4.78 is 12.1. The van der Waals surface area contributed by atoms with Crippen LogP contribution >= 0.6 is 0 Å². The molecule has 2 saturated heterocycles. The van der Waals surface area contributed by atoms with Gasteiger partial charge < -0.3 is 16.4 Å². The summed E-state index contributed by atoms with van der Waals surface area (Å²) in [5.74, 6) is 0.720. The molecule has 0 radical (unpaired) electrons. The predicted octanol–water partition coefficient (Wildman–Crippen LogP) is 0.172. The van der Waals surface area contributed by atoms with Crippen molar-refractivity contribution < 1.29 is 28.3 Å². The van der Waals surface area contributed by atoms with Crippen LogP contribution in [0.5, 0.6) is 0 Å². The van der Waals surface area contributed by atoms with Crippen LogP contribution in [-0.4, -0.2) is 18.5 Å². The van der Waals surface area contributed by atoms with Gasteiger partial charge in [0.05, 0.1) is 6.61 Å². The van der Waals surface area contributed by atoms with Crippen molar-refractivity contribution in [1.29, 1.82) is 0 Å². The minimum atomic E-state index is -0.249. The quantitative estimate of drug-likeness (QED) is 0.461. The van der Waals surface area contributed by atoms with Crippen molar-refractivity contribution in [3.05, 3.63) is 6.92 Å². The summed E-state index contributed by atoms with van der Waals surface area (Å²) in [6.45, 7) is 9.39. The van der Waals surface area contributed by atoms with Gasteiger partial charge in [-0.2, -0.15) is 0 Å². The van der Waals surface area contributed by atoms with E-state index in [0.29, 0.717) is 11.8 Å². The van der Waals surface area contributed by atoms with Crippen LogP contribution in [0.1, 0.15) is 46.0 Å². The van der Waals surface area contributed by atoms with E-state index in [1.165, 1.54) is 19.3 Å². The fourth-order valence-corrected chi connectivity index (χ4v) is 2.83. The number of rotatable bonds is 1. The molecule has 0 aromatic carbocycles. The monoisotopic (exact) mass is 218 g/mol. The summed E-state index contributed by atoms with van der Waals surface area (Å²) in [5.41, 5.74) is 0. The van der Waals surface area contributed by atoms with Crippen LogP contribution < -0.4 is 18.9 Å². The molecule has 16 heavy (non-hydrogen) atoms. The fraction of sp³-hybridized carbons (Fsp3) is 0.923. The van der Waals surface area contributed by atoms with Crippen LogP contribution in [0.3, 0.4) is 0 Å². The van der Waals surface area contributed by atoms with Gasteiger partial charge in [0.1, 0.15) is 0 Å². The Hall–Kier alpha value is 0.517. The van der Waals surface area contributed by atoms with Crippen molar-refractivity contribution >= 4 is 0 Å². The molecule has 0 aliphatic carbocycles. The molecule has 0 amide bonds. The molecule has 0 aromatic heterocycles. The van der Waals surface area contributed by atoms with Crippen LogP contribution in [0, 0.1) is 18.8 Å². The summed E-state index contributed by atoms with van der Waals surface area (Å²) in [6.07, 6.45) is 6.06. The molecule has 0 unspecified atom stereocenters. The van der Waals surface area contributed by atoms with E-state index in [1.807, 2.05) is 0 Å². The summed E-state index contributed by atoms with van der Waals surface area (Å²) in [5, 5.41) is 0. The summed E-state index contributed by atoms with van der Waals surface area (Å²) in [6, 6.07) is 0. The molecule has 88 valence electrons. The Morgan fingerprint density at radius 1 is 1.31 bits per heavy atom. The van der Waals surface area contributed by atoms with Gasteiger partial charge in [0, 0.05) is 18.9 Å². The van der Waals surface area contributed by atoms with E-state index in [0.717, 1.165) is 19.4 Å². The van der Waals surface area contributed by atoms with Crippen molar-refractivity contribution in [2.24, 2.45) is 11.8 Å². The van der Waals surface area contributed by atoms with Crippen LogP contribution in [0.25, 0.3) is 0 Å². The second kappa shape index (κ2) is 5.91. The van der Waals surface area contributed by atoms with Gasteiger partial charge in [-0.25, -0.2) is 0 Å². The minimum absolute atomic E-state index is 0. The maximum Gasteiger partial charge on any atom is 1.00 e. The number of ether oxygens (including phenoxy) is 2. The maximum absolute atomic E-state index is 6.20. The van der Waals surface area contributed by atoms with Gasteiger partial charge in [0.2, 0.25) is 0 Å². The van der Waals surface area contributed by atoms with E-state index in [9.17, 15) is 0 Å². The molecule has 0 aromatic rings. The Balaban J connectivity index is 0.00000128. The Morgan fingerprint density at radius 2 is 2.06 bits per heavy atom. The van der Waals surface area contributed by atoms with Crippen molar-refractivity contribution in [2.75, 3.05) is 6.61 Å². The zero-order valence-electron chi connectivity index (χ0n) is 11.0. The summed E-state index contributed by atoms with van der Waals surface area (Å²) in [4.78, 5) is 0. The molecule has 2 nitrogen and oxygen atoms in total. The van der Waals surface area contributed by atoms with Crippen molar-refractivity contribution in [3.8, 4) is 0 Å². The first-order valence-corrected chi connectivity index (χ1v) is 6.28. The van der Waals surface area contributed by atoms with E-state index in [1.54, 1.807) is 0 Å². The van der Waals surface area contributed by atoms with Crippen molar-refractivity contribution in [1.82, 2.24) is 0 Å². The van der Waals surface area contributed by atoms with E-state index in [4.69, 9.17) is 9.47 Å². The molecule has 0 saturated carbocycles. The van der Waals surface area contributed by atoms with E-state index in [-0.39, 0.29) is 30.8 Å². The van der Waals surface area contributed by atoms with Crippen LogP contribution in [0.2, 0.25) is 0 Å². The third-order valence-electron chi connectivity index (χ3n) is 3.77. The van der Waals surface area contributed by atoms with Gasteiger partial charge in [-0.05, 0) is 25.2 Å². The average molecular weight is 218 g/mol. The molecule has 2 heterocycles. The molecule has 4 atom stereocenters.